The van der Waals surface area contributed by atoms with Crippen molar-refractivity contribution in [2.24, 2.45) is 0 Å². The summed E-state index contributed by atoms with van der Waals surface area (Å²) in [6, 6.07) is 6.48. The molecule has 2 atom stereocenters. The molecule has 162 valence electrons. The Balaban J connectivity index is 1.51. The lowest BCUT2D eigenvalue weighted by Gasteiger charge is -2.38. The van der Waals surface area contributed by atoms with Crippen molar-refractivity contribution in [3.8, 4) is 11.3 Å². The van der Waals surface area contributed by atoms with Crippen LogP contribution >= 0.6 is 0 Å². The maximum atomic E-state index is 15.0. The number of likely N-dealkylation sites (tertiary alicyclic amines) is 1. The van der Waals surface area contributed by atoms with Crippen molar-refractivity contribution < 1.29 is 8.81 Å². The smallest absolute Gasteiger partial charge is 0.298 e. The van der Waals surface area contributed by atoms with E-state index >= 15 is 0 Å². The lowest BCUT2D eigenvalue weighted by Crippen LogP contribution is -2.46. The van der Waals surface area contributed by atoms with Crippen LogP contribution in [0.2, 0.25) is 0 Å². The van der Waals surface area contributed by atoms with Crippen molar-refractivity contribution in [1.82, 2.24) is 24.5 Å². The fourth-order valence-electron chi connectivity index (χ4n) is 4.43. The van der Waals surface area contributed by atoms with Gasteiger partial charge in [0.2, 0.25) is 0 Å². The Hall–Kier alpha value is -3.00. The van der Waals surface area contributed by atoms with Crippen molar-refractivity contribution >= 4 is 22.8 Å². The van der Waals surface area contributed by atoms with E-state index in [1.54, 1.807) is 4.52 Å². The van der Waals surface area contributed by atoms with Gasteiger partial charge in [-0.1, -0.05) is 0 Å². The van der Waals surface area contributed by atoms with Crippen LogP contribution in [-0.4, -0.2) is 57.2 Å². The van der Waals surface area contributed by atoms with E-state index in [1.807, 2.05) is 44.1 Å². The van der Waals surface area contributed by atoms with Gasteiger partial charge in [0.1, 0.15) is 5.52 Å². The molecule has 1 aromatic carbocycles. The van der Waals surface area contributed by atoms with Gasteiger partial charge >= 0.3 is 0 Å². The van der Waals surface area contributed by atoms with Crippen LogP contribution in [0.15, 0.2) is 28.8 Å². The molecule has 4 heterocycles. The van der Waals surface area contributed by atoms with Crippen LogP contribution in [0.5, 0.6) is 0 Å². The van der Waals surface area contributed by atoms with Crippen LogP contribution in [0.1, 0.15) is 31.0 Å². The van der Waals surface area contributed by atoms with Gasteiger partial charge in [0.15, 0.2) is 17.0 Å². The quantitative estimate of drug-likeness (QED) is 0.493. The van der Waals surface area contributed by atoms with Gasteiger partial charge in [0, 0.05) is 31.2 Å². The molecule has 0 radical (unpaired) electrons. The van der Waals surface area contributed by atoms with E-state index in [2.05, 4.69) is 33.9 Å². The van der Waals surface area contributed by atoms with E-state index in [-0.39, 0.29) is 5.52 Å². The third-order valence-corrected chi connectivity index (χ3v) is 6.49. The lowest BCUT2D eigenvalue weighted by molar-refractivity contribution is 0.180. The first kappa shape index (κ1) is 19.9. The zero-order valence-corrected chi connectivity index (χ0v) is 18.6. The minimum atomic E-state index is -0.408. The van der Waals surface area contributed by atoms with Crippen LogP contribution in [0.25, 0.3) is 28.0 Å². The average Bonchev–Trinajstić information content (AvgIpc) is 3.33. The van der Waals surface area contributed by atoms with E-state index in [9.17, 15) is 4.39 Å². The standard InChI is InChI=1S/C23H27FN6O/c1-13-8-19(27-30-12-14(2)25-22(13)30)16-10-18(24)21-20(11-16)31-23(26-21)29(5)17-6-7-28(4)15(3)9-17/h8,10-12,15,17H,6-7,9H2,1-5H3. The van der Waals surface area contributed by atoms with Gasteiger partial charge in [0.05, 0.1) is 17.6 Å². The summed E-state index contributed by atoms with van der Waals surface area (Å²) in [5.41, 5.74) is 4.67. The van der Waals surface area contributed by atoms with Gasteiger partial charge in [-0.3, -0.25) is 0 Å². The Morgan fingerprint density at radius 3 is 2.77 bits per heavy atom. The Kier molecular flexibility index (Phi) is 4.69. The predicted octanol–water partition coefficient (Wildman–Crippen LogP) is 4.21. The summed E-state index contributed by atoms with van der Waals surface area (Å²) < 4.78 is 22.8. The molecule has 1 saturated heterocycles. The van der Waals surface area contributed by atoms with Gasteiger partial charge in [-0.25, -0.2) is 13.9 Å². The fraction of sp³-hybridized carbons (Fsp3) is 0.435. The summed E-state index contributed by atoms with van der Waals surface area (Å²) in [5, 5.41) is 4.62. The molecule has 8 heteroatoms. The number of anilines is 1. The highest BCUT2D eigenvalue weighted by Crippen LogP contribution is 2.31. The molecule has 0 aliphatic carbocycles. The second-order valence-electron chi connectivity index (χ2n) is 8.78. The fourth-order valence-corrected chi connectivity index (χ4v) is 4.43. The summed E-state index contributed by atoms with van der Waals surface area (Å²) in [6.07, 6.45) is 3.91. The molecule has 0 N–H and O–H groups in total. The zero-order chi connectivity index (χ0) is 21.9. The predicted molar refractivity (Wildman–Crippen MR) is 119 cm³/mol. The molecule has 1 fully saturated rings. The van der Waals surface area contributed by atoms with Crippen LogP contribution in [-0.2, 0) is 0 Å². The molecule has 0 bridgehead atoms. The summed E-state index contributed by atoms with van der Waals surface area (Å²) >= 11 is 0. The summed E-state index contributed by atoms with van der Waals surface area (Å²) in [4.78, 5) is 13.4. The maximum Gasteiger partial charge on any atom is 0.298 e. The molecule has 7 nitrogen and oxygen atoms in total. The van der Waals surface area contributed by atoms with Gasteiger partial charge in [0.25, 0.3) is 6.01 Å². The van der Waals surface area contributed by atoms with E-state index < -0.39 is 5.82 Å². The number of nitrogens with zero attached hydrogens (tertiary/aromatic N) is 6. The minimum absolute atomic E-state index is 0.253. The Morgan fingerprint density at radius 2 is 2.00 bits per heavy atom. The SMILES string of the molecule is Cc1cn2nc(-c3cc(F)c4nc(N(C)C5CCN(C)C(C)C5)oc4c3)cc(C)c2n1. The van der Waals surface area contributed by atoms with E-state index in [4.69, 9.17) is 4.42 Å². The summed E-state index contributed by atoms with van der Waals surface area (Å²) in [7, 11) is 4.13. The number of fused-ring (bicyclic) bond motifs is 2. The van der Waals surface area contributed by atoms with Gasteiger partial charge in [-0.05, 0) is 64.4 Å². The van der Waals surface area contributed by atoms with Crippen LogP contribution in [0.3, 0.4) is 0 Å². The first-order chi connectivity index (χ1) is 14.8. The number of aromatic nitrogens is 4. The van der Waals surface area contributed by atoms with Crippen LogP contribution < -0.4 is 4.90 Å². The maximum absolute atomic E-state index is 15.0. The molecule has 31 heavy (non-hydrogen) atoms. The largest absolute Gasteiger partial charge is 0.423 e. The normalized spacial score (nSPS) is 20.1. The van der Waals surface area contributed by atoms with E-state index in [0.29, 0.717) is 34.9 Å². The number of hydrogen-bond donors (Lipinski definition) is 0. The van der Waals surface area contributed by atoms with E-state index in [0.717, 1.165) is 36.3 Å². The van der Waals surface area contributed by atoms with E-state index in [1.165, 1.54) is 6.07 Å². The number of aryl methyl sites for hydroxylation is 2. The zero-order valence-electron chi connectivity index (χ0n) is 18.6. The number of oxazole rings is 1. The highest BCUT2D eigenvalue weighted by Gasteiger charge is 2.28. The second-order valence-corrected chi connectivity index (χ2v) is 8.78. The molecule has 1 aliphatic rings. The molecule has 0 saturated carbocycles. The lowest BCUT2D eigenvalue weighted by atomic mass is 9.98. The summed E-state index contributed by atoms with van der Waals surface area (Å²) in [6.45, 7) is 7.16. The topological polar surface area (TPSA) is 62.7 Å². The van der Waals surface area contributed by atoms with Crippen molar-refractivity contribution in [2.45, 2.75) is 45.7 Å². The Labute approximate surface area is 180 Å². The molecule has 2 unspecified atom stereocenters. The van der Waals surface area contributed by atoms with Crippen molar-refractivity contribution in [3.63, 3.8) is 0 Å². The highest BCUT2D eigenvalue weighted by atomic mass is 19.1. The minimum Gasteiger partial charge on any atom is -0.423 e. The van der Waals surface area contributed by atoms with Crippen molar-refractivity contribution in [1.29, 1.82) is 0 Å². The molecule has 4 aromatic rings. The number of piperidine rings is 1. The molecule has 5 rings (SSSR count). The molecule has 0 amide bonds. The number of imidazole rings is 1. The molecule has 3 aromatic heterocycles. The number of hydrogen-bond acceptors (Lipinski definition) is 6. The van der Waals surface area contributed by atoms with Gasteiger partial charge in [-0.15, -0.1) is 0 Å². The number of halogens is 1. The third kappa shape index (κ3) is 3.44. The average molecular weight is 423 g/mol. The highest BCUT2D eigenvalue weighted by molar-refractivity contribution is 5.81. The summed E-state index contributed by atoms with van der Waals surface area (Å²) in [5.74, 6) is -0.408. The third-order valence-electron chi connectivity index (χ3n) is 6.49. The number of benzene rings is 1. The van der Waals surface area contributed by atoms with Crippen LogP contribution in [0.4, 0.5) is 10.4 Å². The van der Waals surface area contributed by atoms with Crippen molar-refractivity contribution in [3.05, 3.63) is 41.5 Å². The first-order valence-corrected chi connectivity index (χ1v) is 10.7. The second kappa shape index (κ2) is 7.30. The monoisotopic (exact) mass is 422 g/mol. The van der Waals surface area contributed by atoms with Gasteiger partial charge in [-0.2, -0.15) is 10.1 Å². The first-order valence-electron chi connectivity index (χ1n) is 10.7. The number of rotatable bonds is 3. The molecular formula is C23H27FN6O. The van der Waals surface area contributed by atoms with Crippen LogP contribution in [0, 0.1) is 19.7 Å². The molecule has 0 spiro atoms. The Bertz CT molecular complexity index is 1280. The van der Waals surface area contributed by atoms with Gasteiger partial charge < -0.3 is 14.2 Å². The Morgan fingerprint density at radius 1 is 1.19 bits per heavy atom. The molecule has 1 aliphatic heterocycles. The van der Waals surface area contributed by atoms with Crippen molar-refractivity contribution in [2.75, 3.05) is 25.5 Å². The molecular weight excluding hydrogens is 395 g/mol.